The predicted octanol–water partition coefficient (Wildman–Crippen LogP) is 4.18. The van der Waals surface area contributed by atoms with Crippen molar-refractivity contribution in [3.05, 3.63) is 55.4 Å². The summed E-state index contributed by atoms with van der Waals surface area (Å²) in [6, 6.07) is 9.95. The van der Waals surface area contributed by atoms with Crippen LogP contribution in [0.1, 0.15) is 32.6 Å². The van der Waals surface area contributed by atoms with Gasteiger partial charge in [-0.2, -0.15) is 0 Å². The number of hydrogen-bond acceptors (Lipinski definition) is 6. The van der Waals surface area contributed by atoms with E-state index in [1.165, 1.54) is 0 Å². The molecule has 0 radical (unpaired) electrons. The minimum atomic E-state index is -0.609. The van der Waals surface area contributed by atoms with Crippen molar-refractivity contribution in [3.8, 4) is 16.9 Å². The van der Waals surface area contributed by atoms with Gasteiger partial charge in [0.1, 0.15) is 17.7 Å². The minimum absolute atomic E-state index is 0.216. The second-order valence-corrected chi connectivity index (χ2v) is 8.00. The number of nitrogens with one attached hydrogen (secondary N) is 1. The SMILES string of the molecule is C[C@]1(O)CCC[C@H](Nc2ccc3ncn(-c4ccnc(-c5ccoc5)c4)c3n2)C1. The first-order chi connectivity index (χ1) is 14.1. The number of aromatic nitrogens is 4. The van der Waals surface area contributed by atoms with Gasteiger partial charge in [-0.15, -0.1) is 0 Å². The smallest absolute Gasteiger partial charge is 0.166 e. The lowest BCUT2D eigenvalue weighted by molar-refractivity contribution is 0.0182. The molecule has 29 heavy (non-hydrogen) atoms. The molecule has 0 saturated heterocycles. The van der Waals surface area contributed by atoms with Gasteiger partial charge in [-0.25, -0.2) is 9.97 Å². The zero-order valence-electron chi connectivity index (χ0n) is 16.2. The molecule has 1 saturated carbocycles. The lowest BCUT2D eigenvalue weighted by Gasteiger charge is -2.34. The quantitative estimate of drug-likeness (QED) is 0.544. The molecule has 0 spiro atoms. The molecule has 2 N–H and O–H groups in total. The molecule has 7 heteroatoms. The van der Waals surface area contributed by atoms with Crippen molar-refractivity contribution in [2.45, 2.75) is 44.2 Å². The molecule has 0 bridgehead atoms. The van der Waals surface area contributed by atoms with Crippen molar-refractivity contribution in [2.75, 3.05) is 5.32 Å². The summed E-state index contributed by atoms with van der Waals surface area (Å²) in [6.45, 7) is 1.91. The van der Waals surface area contributed by atoms with Gasteiger partial charge in [-0.1, -0.05) is 0 Å². The van der Waals surface area contributed by atoms with Crippen LogP contribution in [0.3, 0.4) is 0 Å². The number of hydrogen-bond donors (Lipinski definition) is 2. The molecule has 4 aromatic heterocycles. The third kappa shape index (κ3) is 3.61. The second kappa shape index (κ2) is 7.00. The number of fused-ring (bicyclic) bond motifs is 1. The molecular weight excluding hydrogens is 366 g/mol. The van der Waals surface area contributed by atoms with Gasteiger partial charge in [0.05, 0.1) is 29.5 Å². The number of aliphatic hydroxyl groups is 1. The van der Waals surface area contributed by atoms with Crippen LogP contribution in [0, 0.1) is 0 Å². The van der Waals surface area contributed by atoms with E-state index in [1.54, 1.807) is 25.1 Å². The molecule has 2 atom stereocenters. The summed E-state index contributed by atoms with van der Waals surface area (Å²) >= 11 is 0. The van der Waals surface area contributed by atoms with Gasteiger partial charge in [0.25, 0.3) is 0 Å². The van der Waals surface area contributed by atoms with Crippen LogP contribution >= 0.6 is 0 Å². The van der Waals surface area contributed by atoms with E-state index in [4.69, 9.17) is 9.40 Å². The molecule has 7 nitrogen and oxygen atoms in total. The predicted molar refractivity (Wildman–Crippen MR) is 111 cm³/mol. The van der Waals surface area contributed by atoms with Crippen molar-refractivity contribution < 1.29 is 9.52 Å². The molecule has 4 heterocycles. The Kier molecular flexibility index (Phi) is 4.32. The molecule has 4 aromatic rings. The molecule has 1 fully saturated rings. The molecule has 0 aromatic carbocycles. The fourth-order valence-corrected chi connectivity index (χ4v) is 4.10. The van der Waals surface area contributed by atoms with Crippen molar-refractivity contribution in [3.63, 3.8) is 0 Å². The molecule has 0 aliphatic heterocycles. The third-order valence-corrected chi connectivity index (χ3v) is 5.54. The number of imidazole rings is 1. The fourth-order valence-electron chi connectivity index (χ4n) is 4.10. The summed E-state index contributed by atoms with van der Waals surface area (Å²) in [7, 11) is 0. The maximum atomic E-state index is 10.4. The van der Waals surface area contributed by atoms with E-state index in [0.717, 1.165) is 59.6 Å². The zero-order chi connectivity index (χ0) is 19.8. The van der Waals surface area contributed by atoms with Gasteiger partial charge in [-0.3, -0.25) is 9.55 Å². The maximum absolute atomic E-state index is 10.4. The van der Waals surface area contributed by atoms with Crippen molar-refractivity contribution in [2.24, 2.45) is 0 Å². The Morgan fingerprint density at radius 3 is 3.00 bits per heavy atom. The summed E-state index contributed by atoms with van der Waals surface area (Å²) < 4.78 is 7.14. The Labute approximate surface area is 168 Å². The zero-order valence-corrected chi connectivity index (χ0v) is 16.2. The summed E-state index contributed by atoms with van der Waals surface area (Å²) in [5.74, 6) is 0.797. The first kappa shape index (κ1) is 17.9. The molecule has 0 unspecified atom stereocenters. The van der Waals surface area contributed by atoms with Crippen LogP contribution in [0.4, 0.5) is 5.82 Å². The van der Waals surface area contributed by atoms with E-state index in [1.807, 2.05) is 41.8 Å². The average molecular weight is 389 g/mol. The monoisotopic (exact) mass is 389 g/mol. The molecule has 1 aliphatic carbocycles. The Morgan fingerprint density at radius 2 is 2.17 bits per heavy atom. The van der Waals surface area contributed by atoms with Crippen molar-refractivity contribution in [1.29, 1.82) is 0 Å². The molecule has 5 rings (SSSR count). The largest absolute Gasteiger partial charge is 0.472 e. The minimum Gasteiger partial charge on any atom is -0.472 e. The lowest BCUT2D eigenvalue weighted by Crippen LogP contribution is -2.38. The summed E-state index contributed by atoms with van der Waals surface area (Å²) in [4.78, 5) is 13.7. The lowest BCUT2D eigenvalue weighted by atomic mass is 9.83. The Bertz CT molecular complexity index is 1130. The molecule has 1 aliphatic rings. The van der Waals surface area contributed by atoms with E-state index < -0.39 is 5.60 Å². The van der Waals surface area contributed by atoms with E-state index in [-0.39, 0.29) is 6.04 Å². The highest BCUT2D eigenvalue weighted by molar-refractivity contribution is 5.75. The van der Waals surface area contributed by atoms with E-state index in [0.29, 0.717) is 0 Å². The molecule has 148 valence electrons. The topological polar surface area (TPSA) is 89.0 Å². The normalized spacial score (nSPS) is 22.1. The Hall–Kier alpha value is -3.19. The van der Waals surface area contributed by atoms with Crippen LogP contribution in [0.25, 0.3) is 28.1 Å². The van der Waals surface area contributed by atoms with E-state index in [2.05, 4.69) is 15.3 Å². The number of rotatable bonds is 4. The standard InChI is InChI=1S/C22H23N5O2/c1-22(28)8-2-3-16(12-22)25-20-5-4-18-21(26-20)27(14-24-18)17-6-9-23-19(11-17)15-7-10-29-13-15/h4-7,9-11,13-14,16,28H,2-3,8,12H2,1H3,(H,25,26)/t16-,22-/m0/s1. The van der Waals surface area contributed by atoms with Gasteiger partial charge in [0.2, 0.25) is 0 Å². The average Bonchev–Trinajstić information content (AvgIpc) is 3.37. The first-order valence-corrected chi connectivity index (χ1v) is 9.89. The Morgan fingerprint density at radius 1 is 1.24 bits per heavy atom. The van der Waals surface area contributed by atoms with Crippen molar-refractivity contribution in [1.82, 2.24) is 19.5 Å². The highest BCUT2D eigenvalue weighted by Gasteiger charge is 2.30. The number of furan rings is 1. The third-order valence-electron chi connectivity index (χ3n) is 5.54. The summed E-state index contributed by atoms with van der Waals surface area (Å²) in [5.41, 5.74) is 3.69. The van der Waals surface area contributed by atoms with Crippen molar-refractivity contribution >= 4 is 17.0 Å². The van der Waals surface area contributed by atoms with E-state index >= 15 is 0 Å². The van der Waals surface area contributed by atoms with Crippen LogP contribution in [0.15, 0.2) is 59.8 Å². The fraction of sp³-hybridized carbons (Fsp3) is 0.318. The van der Waals surface area contributed by atoms with Gasteiger partial charge in [0, 0.05) is 17.8 Å². The summed E-state index contributed by atoms with van der Waals surface area (Å²) in [6.07, 6.45) is 10.5. The first-order valence-electron chi connectivity index (χ1n) is 9.89. The van der Waals surface area contributed by atoms with Gasteiger partial charge in [-0.05, 0) is 62.9 Å². The highest BCUT2D eigenvalue weighted by atomic mass is 16.3. The molecule has 0 amide bonds. The van der Waals surface area contributed by atoms with Gasteiger partial charge >= 0.3 is 0 Å². The molecular formula is C22H23N5O2. The van der Waals surface area contributed by atoms with Crippen LogP contribution in [-0.2, 0) is 0 Å². The van der Waals surface area contributed by atoms with Crippen LogP contribution in [-0.4, -0.2) is 36.3 Å². The van der Waals surface area contributed by atoms with Crippen LogP contribution < -0.4 is 5.32 Å². The van der Waals surface area contributed by atoms with Gasteiger partial charge in [0.15, 0.2) is 5.65 Å². The highest BCUT2D eigenvalue weighted by Crippen LogP contribution is 2.30. The second-order valence-electron chi connectivity index (χ2n) is 8.00. The van der Waals surface area contributed by atoms with Crippen LogP contribution in [0.2, 0.25) is 0 Å². The Balaban J connectivity index is 1.47. The van der Waals surface area contributed by atoms with Crippen LogP contribution in [0.5, 0.6) is 0 Å². The van der Waals surface area contributed by atoms with E-state index in [9.17, 15) is 5.11 Å². The van der Waals surface area contributed by atoms with Gasteiger partial charge < -0.3 is 14.8 Å². The number of nitrogens with zero attached hydrogens (tertiary/aromatic N) is 4. The number of anilines is 1. The number of pyridine rings is 2. The maximum Gasteiger partial charge on any atom is 0.166 e. The summed E-state index contributed by atoms with van der Waals surface area (Å²) in [5, 5.41) is 13.9.